The van der Waals surface area contributed by atoms with Crippen LogP contribution < -0.4 is 0 Å². The van der Waals surface area contributed by atoms with Crippen LogP contribution in [0.4, 0.5) is 0 Å². The average Bonchev–Trinajstić information content (AvgIpc) is 2.81. The number of aryl methyl sites for hydroxylation is 1. The van der Waals surface area contributed by atoms with Crippen LogP contribution in [-0.4, -0.2) is 15.0 Å². The van der Waals surface area contributed by atoms with Gasteiger partial charge in [0.25, 0.3) is 0 Å². The van der Waals surface area contributed by atoms with Crippen molar-refractivity contribution in [2.24, 2.45) is 0 Å². The summed E-state index contributed by atoms with van der Waals surface area (Å²) in [6, 6.07) is 0. The van der Waals surface area contributed by atoms with Gasteiger partial charge in [-0.1, -0.05) is 39.3 Å². The molecule has 2 rings (SSSR count). The maximum Gasteiger partial charge on any atom is 0.180 e. The molecule has 6 heteroatoms. The molecule has 0 aromatic carbocycles. The predicted octanol–water partition coefficient (Wildman–Crippen LogP) is 4.88. The molecule has 0 aliphatic carbocycles. The predicted molar refractivity (Wildman–Crippen MR) is 83.9 cm³/mol. The van der Waals surface area contributed by atoms with Crippen LogP contribution in [0.1, 0.15) is 38.4 Å². The first kappa shape index (κ1) is 14.9. The Balaban J connectivity index is 2.48. The van der Waals surface area contributed by atoms with Crippen molar-refractivity contribution in [1.29, 1.82) is 0 Å². The smallest absolute Gasteiger partial charge is 0.180 e. The highest BCUT2D eigenvalue weighted by Crippen LogP contribution is 2.31. The Labute approximate surface area is 130 Å². The molecule has 0 unspecified atom stereocenters. The zero-order valence-corrected chi connectivity index (χ0v) is 14.4. The van der Waals surface area contributed by atoms with Gasteiger partial charge >= 0.3 is 0 Å². The molecule has 2 heterocycles. The SMILES string of the molecule is CCc1nc(-c2csc(C(C)(C)C)n2)nc(Cl)c1Br. The molecule has 0 N–H and O–H groups in total. The molecule has 0 fully saturated rings. The fourth-order valence-corrected chi connectivity index (χ4v) is 3.07. The molecule has 0 spiro atoms. The van der Waals surface area contributed by atoms with Gasteiger partial charge in [-0.3, -0.25) is 0 Å². The third-order valence-electron chi connectivity index (χ3n) is 2.59. The number of nitrogens with zero attached hydrogens (tertiary/aromatic N) is 3. The Morgan fingerprint density at radius 1 is 1.26 bits per heavy atom. The van der Waals surface area contributed by atoms with E-state index < -0.39 is 0 Å². The molecule has 0 amide bonds. The Morgan fingerprint density at radius 2 is 1.95 bits per heavy atom. The summed E-state index contributed by atoms with van der Waals surface area (Å²) in [5.74, 6) is 0.594. The molecule has 0 bridgehead atoms. The van der Waals surface area contributed by atoms with Gasteiger partial charge in [0, 0.05) is 10.8 Å². The molecule has 0 aliphatic rings. The molecule has 0 atom stereocenters. The van der Waals surface area contributed by atoms with Crippen molar-refractivity contribution in [3.8, 4) is 11.5 Å². The maximum absolute atomic E-state index is 6.12. The third-order valence-corrected chi connectivity index (χ3v) is 5.19. The van der Waals surface area contributed by atoms with E-state index in [2.05, 4.69) is 51.7 Å². The molecule has 0 saturated heterocycles. The summed E-state index contributed by atoms with van der Waals surface area (Å²) < 4.78 is 0.770. The van der Waals surface area contributed by atoms with Crippen LogP contribution in [-0.2, 0) is 11.8 Å². The van der Waals surface area contributed by atoms with Crippen LogP contribution in [0.15, 0.2) is 9.85 Å². The summed E-state index contributed by atoms with van der Waals surface area (Å²) in [5.41, 5.74) is 1.73. The Hall–Kier alpha value is -0.520. The van der Waals surface area contributed by atoms with Crippen molar-refractivity contribution < 1.29 is 0 Å². The van der Waals surface area contributed by atoms with E-state index in [1.807, 2.05) is 12.3 Å². The van der Waals surface area contributed by atoms with Crippen LogP contribution in [0.3, 0.4) is 0 Å². The zero-order chi connectivity index (χ0) is 14.2. The van der Waals surface area contributed by atoms with Gasteiger partial charge < -0.3 is 0 Å². The summed E-state index contributed by atoms with van der Waals surface area (Å²) >= 11 is 11.2. The molecule has 2 aromatic heterocycles. The standard InChI is InChI=1S/C13H15BrClN3S/c1-5-7-9(14)10(15)18-11(16-7)8-6-19-12(17-8)13(2,3)4/h6H,5H2,1-4H3. The highest BCUT2D eigenvalue weighted by Gasteiger charge is 2.20. The van der Waals surface area contributed by atoms with Crippen LogP contribution in [0, 0.1) is 0 Å². The highest BCUT2D eigenvalue weighted by molar-refractivity contribution is 9.10. The molecule has 0 radical (unpaired) electrons. The minimum atomic E-state index is 0.0374. The normalized spacial score (nSPS) is 11.9. The lowest BCUT2D eigenvalue weighted by Crippen LogP contribution is -2.10. The first-order chi connectivity index (χ1) is 8.82. The molecular weight excluding hydrogens is 346 g/mol. The quantitative estimate of drug-likeness (QED) is 0.717. The van der Waals surface area contributed by atoms with Crippen molar-refractivity contribution in [3.63, 3.8) is 0 Å². The van der Waals surface area contributed by atoms with Gasteiger partial charge in [-0.05, 0) is 22.4 Å². The summed E-state index contributed by atoms with van der Waals surface area (Å²) in [5, 5.41) is 3.50. The third kappa shape index (κ3) is 3.15. The topological polar surface area (TPSA) is 38.7 Å². The fraction of sp³-hybridized carbons (Fsp3) is 0.462. The van der Waals surface area contributed by atoms with Gasteiger partial charge in [0.05, 0.1) is 15.2 Å². The van der Waals surface area contributed by atoms with Crippen molar-refractivity contribution >= 4 is 38.9 Å². The van der Waals surface area contributed by atoms with E-state index in [4.69, 9.17) is 11.6 Å². The van der Waals surface area contributed by atoms with Gasteiger partial charge in [0.2, 0.25) is 0 Å². The van der Waals surface area contributed by atoms with Crippen LogP contribution >= 0.6 is 38.9 Å². The highest BCUT2D eigenvalue weighted by atomic mass is 79.9. The van der Waals surface area contributed by atoms with Crippen molar-refractivity contribution in [2.75, 3.05) is 0 Å². The number of hydrogen-bond acceptors (Lipinski definition) is 4. The molecule has 3 nitrogen and oxygen atoms in total. The minimum Gasteiger partial charge on any atom is -0.237 e. The molecule has 102 valence electrons. The van der Waals surface area contributed by atoms with E-state index in [1.165, 1.54) is 0 Å². The minimum absolute atomic E-state index is 0.0374. The Morgan fingerprint density at radius 3 is 2.47 bits per heavy atom. The van der Waals surface area contributed by atoms with Crippen molar-refractivity contribution in [3.05, 3.63) is 25.7 Å². The summed E-state index contributed by atoms with van der Waals surface area (Å²) in [6.07, 6.45) is 0.798. The Kier molecular flexibility index (Phi) is 4.28. The van der Waals surface area contributed by atoms with Gasteiger partial charge in [0.1, 0.15) is 10.8 Å². The van der Waals surface area contributed by atoms with Crippen LogP contribution in [0.25, 0.3) is 11.5 Å². The molecule has 2 aromatic rings. The maximum atomic E-state index is 6.12. The van der Waals surface area contributed by atoms with E-state index in [0.717, 1.165) is 27.3 Å². The lowest BCUT2D eigenvalue weighted by Gasteiger charge is -2.13. The molecule has 19 heavy (non-hydrogen) atoms. The number of hydrogen-bond donors (Lipinski definition) is 0. The van der Waals surface area contributed by atoms with Crippen molar-refractivity contribution in [1.82, 2.24) is 15.0 Å². The van der Waals surface area contributed by atoms with Crippen molar-refractivity contribution in [2.45, 2.75) is 39.5 Å². The van der Waals surface area contributed by atoms with Gasteiger partial charge in [-0.2, -0.15) is 0 Å². The van der Waals surface area contributed by atoms with E-state index in [0.29, 0.717) is 11.0 Å². The van der Waals surface area contributed by atoms with Crippen LogP contribution in [0.2, 0.25) is 5.15 Å². The van der Waals surface area contributed by atoms with Gasteiger partial charge in [-0.25, -0.2) is 15.0 Å². The van der Waals surface area contributed by atoms with Gasteiger partial charge in [-0.15, -0.1) is 11.3 Å². The molecular formula is C13H15BrClN3S. The summed E-state index contributed by atoms with van der Waals surface area (Å²) in [6.45, 7) is 8.46. The molecule has 0 saturated carbocycles. The second-order valence-electron chi connectivity index (χ2n) is 5.24. The number of rotatable bonds is 2. The number of aromatic nitrogens is 3. The molecule has 0 aliphatic heterocycles. The Bertz CT molecular complexity index is 604. The second-order valence-corrected chi connectivity index (χ2v) is 7.25. The van der Waals surface area contributed by atoms with Gasteiger partial charge in [0.15, 0.2) is 5.82 Å². The number of thiazole rings is 1. The first-order valence-electron chi connectivity index (χ1n) is 6.01. The summed E-state index contributed by atoms with van der Waals surface area (Å²) in [4.78, 5) is 13.4. The second kappa shape index (κ2) is 5.46. The monoisotopic (exact) mass is 359 g/mol. The van der Waals surface area contributed by atoms with Crippen LogP contribution in [0.5, 0.6) is 0 Å². The van der Waals surface area contributed by atoms with E-state index >= 15 is 0 Å². The average molecular weight is 361 g/mol. The largest absolute Gasteiger partial charge is 0.237 e. The first-order valence-corrected chi connectivity index (χ1v) is 8.06. The fourth-order valence-electron chi connectivity index (χ4n) is 1.53. The summed E-state index contributed by atoms with van der Waals surface area (Å²) in [7, 11) is 0. The van der Waals surface area contributed by atoms with E-state index in [-0.39, 0.29) is 5.41 Å². The van der Waals surface area contributed by atoms with E-state index in [1.54, 1.807) is 11.3 Å². The zero-order valence-electron chi connectivity index (χ0n) is 11.3. The lowest BCUT2D eigenvalue weighted by molar-refractivity contribution is 0.586. The number of halogens is 2. The lowest BCUT2D eigenvalue weighted by atomic mass is 9.98. The van der Waals surface area contributed by atoms with E-state index in [9.17, 15) is 0 Å².